The molecule has 4 aromatic rings. The van der Waals surface area contributed by atoms with Crippen LogP contribution in [-0.2, 0) is 4.74 Å². The van der Waals surface area contributed by atoms with E-state index in [0.717, 1.165) is 78.1 Å². The number of Topliss-reactive ketones (excluding diaryl/α,β-unsaturated/α-hetero) is 1. The van der Waals surface area contributed by atoms with Gasteiger partial charge in [0.2, 0.25) is 0 Å². The van der Waals surface area contributed by atoms with E-state index >= 15 is 0 Å². The highest BCUT2D eigenvalue weighted by molar-refractivity contribution is 6.01. The molecule has 2 aliphatic rings. The third-order valence-electron chi connectivity index (χ3n) is 7.57. The first-order valence-electron chi connectivity index (χ1n) is 13.3. The number of benzene rings is 3. The number of carbonyl (C=O) groups is 1. The number of nitrogen functional groups attached to an aromatic ring is 1. The predicted octanol–water partition coefficient (Wildman–Crippen LogP) is 4.90. The average Bonchev–Trinajstić information content (AvgIpc) is 3.34. The maximum Gasteiger partial charge on any atom is 0.161 e. The summed E-state index contributed by atoms with van der Waals surface area (Å²) in [5.41, 5.74) is 12.0. The van der Waals surface area contributed by atoms with Crippen LogP contribution < -0.4 is 20.3 Å². The van der Waals surface area contributed by atoms with Crippen LogP contribution >= 0.6 is 0 Å². The van der Waals surface area contributed by atoms with Crippen LogP contribution in [0.25, 0.3) is 22.0 Å². The molecule has 0 radical (unpaired) electrons. The summed E-state index contributed by atoms with van der Waals surface area (Å²) in [6.45, 7) is 6.50. The number of hydrogen-bond donors (Lipinski definition) is 2. The second kappa shape index (κ2) is 10.4. The largest absolute Gasteiger partial charge is 0.489 e. The van der Waals surface area contributed by atoms with Crippen molar-refractivity contribution in [3.05, 3.63) is 66.2 Å². The molecule has 0 unspecified atom stereocenters. The molecule has 196 valence electrons. The Kier molecular flexibility index (Phi) is 6.64. The van der Waals surface area contributed by atoms with Gasteiger partial charge in [0.15, 0.2) is 11.6 Å². The van der Waals surface area contributed by atoms with E-state index in [-0.39, 0.29) is 11.9 Å². The number of anilines is 3. The van der Waals surface area contributed by atoms with Crippen LogP contribution in [0, 0.1) is 0 Å². The third-order valence-corrected chi connectivity index (χ3v) is 7.57. The number of piperazine rings is 1. The highest BCUT2D eigenvalue weighted by Gasteiger charge is 2.23. The number of aromatic amines is 1. The van der Waals surface area contributed by atoms with E-state index in [4.69, 9.17) is 15.2 Å². The van der Waals surface area contributed by atoms with Crippen LogP contribution in [0.3, 0.4) is 0 Å². The van der Waals surface area contributed by atoms with Gasteiger partial charge in [-0.1, -0.05) is 24.3 Å². The lowest BCUT2D eigenvalue weighted by molar-refractivity contribution is 0.0262. The van der Waals surface area contributed by atoms with E-state index in [1.807, 2.05) is 24.3 Å². The summed E-state index contributed by atoms with van der Waals surface area (Å²) < 4.78 is 11.9. The van der Waals surface area contributed by atoms with Crippen molar-refractivity contribution < 1.29 is 14.3 Å². The SMILES string of the molecule is CC(=O)c1ccc(-c2cc(OC3CCOCC3)c3c(N)n[nH]c3c2)cc1N1CCN(c2ccccc2)CC1. The Balaban J connectivity index is 1.33. The molecule has 0 bridgehead atoms. The number of carbonyl (C=O) groups excluding carboxylic acids is 1. The molecule has 8 nitrogen and oxygen atoms in total. The first-order valence-corrected chi connectivity index (χ1v) is 13.3. The van der Waals surface area contributed by atoms with Crippen molar-refractivity contribution in [2.45, 2.75) is 25.9 Å². The monoisotopic (exact) mass is 511 g/mol. The molecule has 3 aromatic carbocycles. The lowest BCUT2D eigenvalue weighted by atomic mass is 9.98. The molecule has 2 fully saturated rings. The Morgan fingerprint density at radius 1 is 0.974 bits per heavy atom. The second-order valence-electron chi connectivity index (χ2n) is 10.0. The fourth-order valence-corrected chi connectivity index (χ4v) is 5.49. The molecule has 0 amide bonds. The summed E-state index contributed by atoms with van der Waals surface area (Å²) in [5.74, 6) is 1.22. The van der Waals surface area contributed by atoms with Crippen molar-refractivity contribution in [2.24, 2.45) is 0 Å². The van der Waals surface area contributed by atoms with Gasteiger partial charge in [-0.05, 0) is 54.4 Å². The zero-order chi connectivity index (χ0) is 26.1. The van der Waals surface area contributed by atoms with Crippen molar-refractivity contribution in [3.8, 4) is 16.9 Å². The minimum Gasteiger partial charge on any atom is -0.489 e. The van der Waals surface area contributed by atoms with Crippen LogP contribution in [0.1, 0.15) is 30.1 Å². The Bertz CT molecular complexity index is 1440. The number of rotatable bonds is 6. The fraction of sp³-hybridized carbons (Fsp3) is 0.333. The maximum atomic E-state index is 12.6. The summed E-state index contributed by atoms with van der Waals surface area (Å²) in [6.07, 6.45) is 1.76. The van der Waals surface area contributed by atoms with Crippen molar-refractivity contribution in [3.63, 3.8) is 0 Å². The van der Waals surface area contributed by atoms with Crippen LogP contribution in [0.5, 0.6) is 5.75 Å². The van der Waals surface area contributed by atoms with Gasteiger partial charge >= 0.3 is 0 Å². The quantitative estimate of drug-likeness (QED) is 0.356. The molecular weight excluding hydrogens is 478 g/mol. The van der Waals surface area contributed by atoms with Crippen LogP contribution in [0.2, 0.25) is 0 Å². The fourth-order valence-electron chi connectivity index (χ4n) is 5.49. The van der Waals surface area contributed by atoms with Crippen molar-refractivity contribution in [1.29, 1.82) is 0 Å². The number of nitrogens with one attached hydrogen (secondary N) is 1. The van der Waals surface area contributed by atoms with Crippen LogP contribution in [0.4, 0.5) is 17.2 Å². The van der Waals surface area contributed by atoms with E-state index in [2.05, 4.69) is 56.4 Å². The van der Waals surface area contributed by atoms with Gasteiger partial charge in [0.05, 0.1) is 24.1 Å². The number of nitrogens with zero attached hydrogens (tertiary/aromatic N) is 3. The number of ether oxygens (including phenoxy) is 2. The molecule has 2 aliphatic heterocycles. The summed E-state index contributed by atoms with van der Waals surface area (Å²) >= 11 is 0. The van der Waals surface area contributed by atoms with E-state index < -0.39 is 0 Å². The number of para-hydroxylation sites is 1. The Labute approximate surface area is 222 Å². The number of H-pyrrole nitrogens is 1. The first kappa shape index (κ1) is 24.3. The molecule has 0 aliphatic carbocycles. The summed E-state index contributed by atoms with van der Waals surface area (Å²) in [5, 5.41) is 8.09. The normalized spacial score (nSPS) is 16.7. The zero-order valence-electron chi connectivity index (χ0n) is 21.7. The average molecular weight is 512 g/mol. The van der Waals surface area contributed by atoms with E-state index in [0.29, 0.717) is 19.0 Å². The standard InChI is InChI=1S/C30H33N5O3/c1-20(36)25-8-7-21(18-27(25)35-13-11-34(12-14-35)23-5-3-2-4-6-23)22-17-26-29(30(31)33-32-26)28(19-22)38-24-9-15-37-16-10-24/h2-8,17-19,24H,9-16H2,1H3,(H3,31,32,33). The summed E-state index contributed by atoms with van der Waals surface area (Å²) in [4.78, 5) is 17.3. The van der Waals surface area contributed by atoms with Gasteiger partial charge in [0.1, 0.15) is 11.9 Å². The smallest absolute Gasteiger partial charge is 0.161 e. The molecule has 0 spiro atoms. The maximum absolute atomic E-state index is 12.6. The van der Waals surface area contributed by atoms with Gasteiger partial charge in [0.25, 0.3) is 0 Å². The Morgan fingerprint density at radius 3 is 2.45 bits per heavy atom. The van der Waals surface area contributed by atoms with Gasteiger partial charge in [-0.15, -0.1) is 0 Å². The van der Waals surface area contributed by atoms with Gasteiger partial charge in [0, 0.05) is 56.0 Å². The topological polar surface area (TPSA) is 96.7 Å². The van der Waals surface area contributed by atoms with E-state index in [9.17, 15) is 4.79 Å². The van der Waals surface area contributed by atoms with Gasteiger partial charge in [-0.2, -0.15) is 5.10 Å². The van der Waals surface area contributed by atoms with Gasteiger partial charge < -0.3 is 25.0 Å². The molecule has 6 rings (SSSR count). The Morgan fingerprint density at radius 2 is 1.71 bits per heavy atom. The highest BCUT2D eigenvalue weighted by Crippen LogP contribution is 2.38. The molecule has 1 aromatic heterocycles. The molecule has 38 heavy (non-hydrogen) atoms. The third kappa shape index (κ3) is 4.79. The number of ketones is 1. The van der Waals surface area contributed by atoms with Gasteiger partial charge in [-0.25, -0.2) is 0 Å². The van der Waals surface area contributed by atoms with Crippen LogP contribution in [0.15, 0.2) is 60.7 Å². The summed E-state index contributed by atoms with van der Waals surface area (Å²) in [6, 6.07) is 20.7. The lowest BCUT2D eigenvalue weighted by Gasteiger charge is -2.38. The molecule has 8 heteroatoms. The lowest BCUT2D eigenvalue weighted by Crippen LogP contribution is -2.47. The Hall–Kier alpha value is -4.04. The minimum absolute atomic E-state index is 0.0670. The number of nitrogens with two attached hydrogens (primary N) is 1. The zero-order valence-corrected chi connectivity index (χ0v) is 21.7. The second-order valence-corrected chi connectivity index (χ2v) is 10.0. The molecular formula is C30H33N5O3. The molecule has 2 saturated heterocycles. The van der Waals surface area contributed by atoms with E-state index in [1.165, 1.54) is 5.69 Å². The van der Waals surface area contributed by atoms with Crippen molar-refractivity contribution in [1.82, 2.24) is 10.2 Å². The van der Waals surface area contributed by atoms with Crippen molar-refractivity contribution >= 4 is 33.9 Å². The first-order chi connectivity index (χ1) is 18.6. The highest BCUT2D eigenvalue weighted by atomic mass is 16.5. The van der Waals surface area contributed by atoms with E-state index in [1.54, 1.807) is 6.92 Å². The summed E-state index contributed by atoms with van der Waals surface area (Å²) in [7, 11) is 0. The molecule has 3 N–H and O–H groups in total. The molecule has 0 atom stereocenters. The predicted molar refractivity (Wildman–Crippen MR) is 151 cm³/mol. The molecule has 0 saturated carbocycles. The van der Waals surface area contributed by atoms with Crippen molar-refractivity contribution in [2.75, 3.05) is 54.9 Å². The molecule has 3 heterocycles. The minimum atomic E-state index is 0.0670. The van der Waals surface area contributed by atoms with Gasteiger partial charge in [-0.3, -0.25) is 9.89 Å². The van der Waals surface area contributed by atoms with Crippen LogP contribution in [-0.4, -0.2) is 61.5 Å². The number of hydrogen-bond acceptors (Lipinski definition) is 7. The number of aromatic nitrogens is 2. The number of fused-ring (bicyclic) bond motifs is 1.